The van der Waals surface area contributed by atoms with Crippen molar-refractivity contribution in [1.29, 1.82) is 0 Å². The van der Waals surface area contributed by atoms with Crippen molar-refractivity contribution in [2.24, 2.45) is 0 Å². The molecule has 0 atom stereocenters. The van der Waals surface area contributed by atoms with Crippen LogP contribution in [0.4, 0.5) is 4.39 Å². The summed E-state index contributed by atoms with van der Waals surface area (Å²) >= 11 is 3.07. The van der Waals surface area contributed by atoms with Crippen LogP contribution < -0.4 is 4.74 Å². The quantitative estimate of drug-likeness (QED) is 0.567. The maximum absolute atomic E-state index is 13.1. The Balaban J connectivity index is 2.38. The Morgan fingerprint density at radius 3 is 1.92 bits per heavy atom. The monoisotopic (exact) mass is 410 g/mol. The zero-order chi connectivity index (χ0) is 18.6. The van der Waals surface area contributed by atoms with Crippen molar-refractivity contribution in [3.63, 3.8) is 0 Å². The van der Waals surface area contributed by atoms with Gasteiger partial charge in [-0.15, -0.1) is 0 Å². The first-order chi connectivity index (χ1) is 11.8. The number of hydrogen-bond donors (Lipinski definition) is 0. The van der Waals surface area contributed by atoms with Crippen LogP contribution in [-0.4, -0.2) is 32.1 Å². The zero-order valence-electron chi connectivity index (χ0n) is 13.2. The Morgan fingerprint density at radius 1 is 0.880 bits per heavy atom. The lowest BCUT2D eigenvalue weighted by Crippen LogP contribution is -2.12. The fourth-order valence-corrected chi connectivity index (χ4v) is 2.46. The number of methoxy groups -OCH3 is 2. The van der Waals surface area contributed by atoms with E-state index in [1.54, 1.807) is 0 Å². The number of ether oxygens (including phenoxy) is 3. The molecule has 0 fully saturated rings. The molecule has 0 N–H and O–H groups in total. The van der Waals surface area contributed by atoms with Gasteiger partial charge < -0.3 is 14.2 Å². The summed E-state index contributed by atoms with van der Waals surface area (Å²) in [7, 11) is 2.35. The maximum atomic E-state index is 13.1. The van der Waals surface area contributed by atoms with E-state index in [4.69, 9.17) is 4.74 Å². The van der Waals surface area contributed by atoms with Crippen molar-refractivity contribution in [3.8, 4) is 5.75 Å². The van der Waals surface area contributed by atoms with Crippen LogP contribution >= 0.6 is 15.9 Å². The van der Waals surface area contributed by atoms with Gasteiger partial charge in [0, 0.05) is 4.47 Å². The van der Waals surface area contributed by atoms with Crippen LogP contribution in [0, 0.1) is 5.82 Å². The lowest BCUT2D eigenvalue weighted by Gasteiger charge is -2.09. The summed E-state index contributed by atoms with van der Waals surface area (Å²) in [5, 5.41) is 0. The molecular weight excluding hydrogens is 399 g/mol. The van der Waals surface area contributed by atoms with E-state index in [-0.39, 0.29) is 26.9 Å². The molecule has 0 spiro atoms. The molecule has 0 aliphatic rings. The summed E-state index contributed by atoms with van der Waals surface area (Å²) < 4.78 is 27.7. The maximum Gasteiger partial charge on any atom is 0.344 e. The minimum Gasteiger partial charge on any atom is -0.465 e. The molecule has 130 valence electrons. The molecule has 0 aromatic heterocycles. The Labute approximate surface area is 150 Å². The predicted molar refractivity (Wildman–Crippen MR) is 88.2 cm³/mol. The third kappa shape index (κ3) is 4.42. The van der Waals surface area contributed by atoms with Crippen molar-refractivity contribution in [2.45, 2.75) is 0 Å². The summed E-state index contributed by atoms with van der Waals surface area (Å²) in [6, 6.07) is 7.20. The molecule has 0 unspecified atom stereocenters. The largest absolute Gasteiger partial charge is 0.465 e. The number of benzene rings is 2. The molecule has 6 nitrogen and oxygen atoms in total. The smallest absolute Gasteiger partial charge is 0.344 e. The van der Waals surface area contributed by atoms with Crippen LogP contribution in [0.3, 0.4) is 0 Å². The number of rotatable bonds is 4. The van der Waals surface area contributed by atoms with Crippen molar-refractivity contribution < 1.29 is 33.0 Å². The summed E-state index contributed by atoms with van der Waals surface area (Å²) in [6.45, 7) is 0. The summed E-state index contributed by atoms with van der Waals surface area (Å²) in [5.74, 6) is -2.82. The first-order valence-corrected chi connectivity index (χ1v) is 7.64. The van der Waals surface area contributed by atoms with Crippen molar-refractivity contribution in [2.75, 3.05) is 14.2 Å². The Hall–Kier alpha value is -2.74. The van der Waals surface area contributed by atoms with Gasteiger partial charge in [-0.2, -0.15) is 0 Å². The SMILES string of the molecule is COC(=O)c1cc(OC(=O)c2ccc(F)cc2Br)cc(C(=O)OC)c1. The van der Waals surface area contributed by atoms with Crippen LogP contribution in [0.25, 0.3) is 0 Å². The molecule has 2 aromatic rings. The number of halogens is 2. The minimum atomic E-state index is -0.801. The number of hydrogen-bond acceptors (Lipinski definition) is 6. The molecule has 0 radical (unpaired) electrons. The van der Waals surface area contributed by atoms with Crippen molar-refractivity contribution >= 4 is 33.8 Å². The van der Waals surface area contributed by atoms with Gasteiger partial charge in [0.05, 0.1) is 30.9 Å². The van der Waals surface area contributed by atoms with Crippen molar-refractivity contribution in [1.82, 2.24) is 0 Å². The third-order valence-electron chi connectivity index (χ3n) is 3.11. The van der Waals surface area contributed by atoms with E-state index in [0.29, 0.717) is 0 Å². The van der Waals surface area contributed by atoms with Crippen molar-refractivity contribution in [3.05, 3.63) is 63.4 Å². The van der Waals surface area contributed by atoms with Gasteiger partial charge in [0.25, 0.3) is 0 Å². The molecule has 0 heterocycles. The lowest BCUT2D eigenvalue weighted by molar-refractivity contribution is 0.0593. The summed E-state index contributed by atoms with van der Waals surface area (Å²) in [4.78, 5) is 35.7. The van der Waals surface area contributed by atoms with Gasteiger partial charge in [-0.1, -0.05) is 0 Å². The molecule has 0 saturated carbocycles. The third-order valence-corrected chi connectivity index (χ3v) is 3.77. The predicted octanol–water partition coefficient (Wildman–Crippen LogP) is 3.38. The van der Waals surface area contributed by atoms with Crippen LogP contribution in [0.15, 0.2) is 40.9 Å². The number of esters is 3. The minimum absolute atomic E-state index is 0.00590. The molecular formula is C17H12BrFO6. The molecule has 0 bridgehead atoms. The fraction of sp³-hybridized carbons (Fsp3) is 0.118. The van der Waals surface area contributed by atoms with Crippen LogP contribution in [0.1, 0.15) is 31.1 Å². The van der Waals surface area contributed by atoms with Gasteiger partial charge in [0.1, 0.15) is 11.6 Å². The van der Waals surface area contributed by atoms with E-state index in [1.807, 2.05) is 0 Å². The second-order valence-electron chi connectivity index (χ2n) is 4.74. The molecule has 25 heavy (non-hydrogen) atoms. The molecule has 2 rings (SSSR count). The highest BCUT2D eigenvalue weighted by atomic mass is 79.9. The van der Waals surface area contributed by atoms with E-state index in [1.165, 1.54) is 38.5 Å². The Bertz CT molecular complexity index is 815. The molecule has 0 amide bonds. The van der Waals surface area contributed by atoms with Gasteiger partial charge in [-0.05, 0) is 52.3 Å². The van der Waals surface area contributed by atoms with Gasteiger partial charge in [-0.3, -0.25) is 0 Å². The Morgan fingerprint density at radius 2 is 1.44 bits per heavy atom. The highest BCUT2D eigenvalue weighted by Gasteiger charge is 2.18. The highest BCUT2D eigenvalue weighted by Crippen LogP contribution is 2.23. The van der Waals surface area contributed by atoms with E-state index in [2.05, 4.69) is 25.4 Å². The topological polar surface area (TPSA) is 78.9 Å². The van der Waals surface area contributed by atoms with Crippen LogP contribution in [0.2, 0.25) is 0 Å². The van der Waals surface area contributed by atoms with Crippen LogP contribution in [0.5, 0.6) is 5.75 Å². The molecule has 0 aliphatic heterocycles. The number of carbonyl (C=O) groups excluding carboxylic acids is 3. The van der Waals surface area contributed by atoms with Gasteiger partial charge >= 0.3 is 17.9 Å². The molecule has 8 heteroatoms. The standard InChI is InChI=1S/C17H12BrFO6/c1-23-15(20)9-5-10(16(21)24-2)7-12(6-9)25-17(22)13-4-3-11(19)8-14(13)18/h3-8H,1-2H3. The number of carbonyl (C=O) groups is 3. The Kier molecular flexibility index (Phi) is 5.87. The first kappa shape index (κ1) is 18.6. The van der Waals surface area contributed by atoms with E-state index >= 15 is 0 Å². The van der Waals surface area contributed by atoms with Gasteiger partial charge in [0.15, 0.2) is 0 Å². The molecule has 0 aliphatic carbocycles. The van der Waals surface area contributed by atoms with Gasteiger partial charge in [-0.25, -0.2) is 18.8 Å². The average molecular weight is 411 g/mol. The zero-order valence-corrected chi connectivity index (χ0v) is 14.8. The summed E-state index contributed by atoms with van der Waals surface area (Å²) in [5.41, 5.74) is 0.0854. The van der Waals surface area contributed by atoms with Gasteiger partial charge in [0.2, 0.25) is 0 Å². The van der Waals surface area contributed by atoms with E-state index < -0.39 is 23.7 Å². The highest BCUT2D eigenvalue weighted by molar-refractivity contribution is 9.10. The normalized spacial score (nSPS) is 10.1. The fourth-order valence-electron chi connectivity index (χ4n) is 1.95. The van der Waals surface area contributed by atoms with E-state index in [0.717, 1.165) is 12.1 Å². The first-order valence-electron chi connectivity index (χ1n) is 6.84. The van der Waals surface area contributed by atoms with Crippen LogP contribution in [-0.2, 0) is 9.47 Å². The average Bonchev–Trinajstić information content (AvgIpc) is 2.59. The second kappa shape index (κ2) is 7.89. The second-order valence-corrected chi connectivity index (χ2v) is 5.60. The lowest BCUT2D eigenvalue weighted by atomic mass is 10.1. The van der Waals surface area contributed by atoms with E-state index in [9.17, 15) is 18.8 Å². The molecule has 0 saturated heterocycles. The summed E-state index contributed by atoms with van der Waals surface area (Å²) in [6.07, 6.45) is 0. The molecule has 2 aromatic carbocycles.